The van der Waals surface area contributed by atoms with E-state index in [1.54, 1.807) is 19.2 Å². The maximum Gasteiger partial charge on any atom is 0.252 e. The number of primary amides is 1. The Hall–Kier alpha value is -2.80. The third-order valence-electron chi connectivity index (χ3n) is 7.05. The number of hydrogen-bond donors (Lipinski definition) is 3. The summed E-state index contributed by atoms with van der Waals surface area (Å²) in [5.41, 5.74) is 13.6. The number of carbonyl (C=O) groups excluding carboxylic acids is 1. The Morgan fingerprint density at radius 3 is 2.61 bits per heavy atom. The van der Waals surface area contributed by atoms with E-state index in [1.165, 1.54) is 31.2 Å². The molecule has 1 spiro atoms. The topological polar surface area (TPSA) is 106 Å². The molecule has 2 heterocycles. The van der Waals surface area contributed by atoms with Gasteiger partial charge >= 0.3 is 0 Å². The Kier molecular flexibility index (Phi) is 6.32. The van der Waals surface area contributed by atoms with Crippen molar-refractivity contribution in [3.05, 3.63) is 47.5 Å². The molecule has 1 atom stereocenters. The molecular formula is C24H33N5O2. The van der Waals surface area contributed by atoms with Crippen LogP contribution in [-0.4, -0.2) is 43.7 Å². The number of nitrogens with one attached hydrogen (secondary N) is 1. The number of pyridine rings is 1. The summed E-state index contributed by atoms with van der Waals surface area (Å²) in [5.74, 6) is 1.43. The van der Waals surface area contributed by atoms with Gasteiger partial charge in [-0.25, -0.2) is 4.98 Å². The molecule has 0 bridgehead atoms. The zero-order chi connectivity index (χ0) is 21.8. The average Bonchev–Trinajstić information content (AvgIpc) is 3.24. The molecule has 1 aliphatic carbocycles. The van der Waals surface area contributed by atoms with E-state index in [2.05, 4.69) is 27.3 Å². The van der Waals surface area contributed by atoms with Crippen LogP contribution in [0.4, 0.5) is 11.6 Å². The number of nitrogen functional groups attached to an aromatic ring is 1. The van der Waals surface area contributed by atoms with E-state index < -0.39 is 5.91 Å². The van der Waals surface area contributed by atoms with Crippen molar-refractivity contribution in [2.45, 2.75) is 44.6 Å². The van der Waals surface area contributed by atoms with Gasteiger partial charge in [0, 0.05) is 19.1 Å². The molecule has 31 heavy (non-hydrogen) atoms. The molecule has 0 radical (unpaired) electrons. The van der Waals surface area contributed by atoms with E-state index in [4.69, 9.17) is 16.2 Å². The van der Waals surface area contributed by atoms with Crippen molar-refractivity contribution in [2.75, 3.05) is 37.4 Å². The predicted molar refractivity (Wildman–Crippen MR) is 123 cm³/mol. The highest BCUT2D eigenvalue weighted by Crippen LogP contribution is 2.47. The van der Waals surface area contributed by atoms with E-state index in [1.807, 2.05) is 12.1 Å². The fraction of sp³-hybridized carbons (Fsp3) is 0.500. The Balaban J connectivity index is 1.48. The Morgan fingerprint density at radius 1 is 1.19 bits per heavy atom. The van der Waals surface area contributed by atoms with Gasteiger partial charge in [-0.15, -0.1) is 0 Å². The van der Waals surface area contributed by atoms with Gasteiger partial charge in [-0.3, -0.25) is 4.79 Å². The summed E-state index contributed by atoms with van der Waals surface area (Å²) in [5, 5.41) is 3.85. The van der Waals surface area contributed by atoms with Gasteiger partial charge in [-0.1, -0.05) is 25.0 Å². The highest BCUT2D eigenvalue weighted by Gasteiger charge is 2.45. The van der Waals surface area contributed by atoms with Crippen LogP contribution >= 0.6 is 0 Å². The van der Waals surface area contributed by atoms with Crippen LogP contribution in [0.3, 0.4) is 0 Å². The second-order valence-corrected chi connectivity index (χ2v) is 8.84. The molecule has 2 aliphatic rings. The fourth-order valence-electron chi connectivity index (χ4n) is 5.27. The lowest BCUT2D eigenvalue weighted by Gasteiger charge is -2.47. The van der Waals surface area contributed by atoms with Crippen molar-refractivity contribution in [1.82, 2.24) is 10.3 Å². The predicted octanol–water partition coefficient (Wildman–Crippen LogP) is 2.74. The first-order chi connectivity index (χ1) is 15.0. The molecule has 4 rings (SSSR count). The maximum absolute atomic E-state index is 12.0. The van der Waals surface area contributed by atoms with E-state index in [-0.39, 0.29) is 0 Å². The van der Waals surface area contributed by atoms with Crippen molar-refractivity contribution >= 4 is 17.5 Å². The normalized spacial score (nSPS) is 20.2. The Bertz CT molecular complexity index is 909. The minimum absolute atomic E-state index is 0.323. The summed E-state index contributed by atoms with van der Waals surface area (Å²) in [4.78, 5) is 18.6. The lowest BCUT2D eigenvalue weighted by atomic mass is 9.73. The van der Waals surface area contributed by atoms with Gasteiger partial charge in [0.15, 0.2) is 0 Å². The summed E-state index contributed by atoms with van der Waals surface area (Å²) in [7, 11) is 1.69. The van der Waals surface area contributed by atoms with Crippen molar-refractivity contribution in [3.63, 3.8) is 0 Å². The number of anilines is 2. The van der Waals surface area contributed by atoms with Gasteiger partial charge in [0.05, 0.1) is 12.7 Å². The molecule has 5 N–H and O–H groups in total. The number of nitrogens with zero attached hydrogens (tertiary/aromatic N) is 2. The van der Waals surface area contributed by atoms with Crippen LogP contribution in [0.25, 0.3) is 0 Å². The summed E-state index contributed by atoms with van der Waals surface area (Å²) >= 11 is 0. The molecule has 166 valence electrons. The van der Waals surface area contributed by atoms with Gasteiger partial charge in [0.1, 0.15) is 17.4 Å². The van der Waals surface area contributed by atoms with Gasteiger partial charge < -0.3 is 26.4 Å². The number of piperidine rings is 1. The molecule has 1 saturated heterocycles. The van der Waals surface area contributed by atoms with Crippen LogP contribution in [0.2, 0.25) is 0 Å². The summed E-state index contributed by atoms with van der Waals surface area (Å²) in [6.07, 6.45) is 7.14. The first kappa shape index (κ1) is 21.4. The molecule has 7 nitrogen and oxygen atoms in total. The van der Waals surface area contributed by atoms with Crippen molar-refractivity contribution in [3.8, 4) is 5.75 Å². The summed E-state index contributed by atoms with van der Waals surface area (Å²) < 4.78 is 5.25. The number of rotatable bonds is 7. The monoisotopic (exact) mass is 423 g/mol. The van der Waals surface area contributed by atoms with Crippen LogP contribution in [0.1, 0.15) is 48.0 Å². The molecule has 2 aromatic rings. The number of carbonyl (C=O) groups is 1. The van der Waals surface area contributed by atoms with Crippen LogP contribution in [0.15, 0.2) is 36.4 Å². The number of nitrogens with two attached hydrogens (primary N) is 2. The molecule has 1 amide bonds. The van der Waals surface area contributed by atoms with Crippen molar-refractivity contribution < 1.29 is 9.53 Å². The molecular weight excluding hydrogens is 390 g/mol. The van der Waals surface area contributed by atoms with Crippen LogP contribution < -0.4 is 26.4 Å². The zero-order valence-corrected chi connectivity index (χ0v) is 18.3. The summed E-state index contributed by atoms with van der Waals surface area (Å²) in [6.45, 7) is 2.58. The number of amides is 1. The highest BCUT2D eigenvalue weighted by atomic mass is 16.5. The molecule has 1 aliphatic heterocycles. The molecule has 1 saturated carbocycles. The first-order valence-electron chi connectivity index (χ1n) is 11.2. The van der Waals surface area contributed by atoms with Crippen LogP contribution in [0, 0.1) is 5.41 Å². The lowest BCUT2D eigenvalue weighted by molar-refractivity contribution is 0.1000. The molecule has 7 heteroatoms. The Labute approximate surface area is 184 Å². The highest BCUT2D eigenvalue weighted by molar-refractivity contribution is 5.98. The standard InChI is InChI=1S/C24H33N5O2/c1-31-18-6-4-17(5-7-18)10-14-27-20-16-29(15-13-24(20)11-2-3-12-24)23-19(22(26)30)8-9-21(25)28-23/h4-9,20,27H,2-3,10-16H2,1H3,(H2,25,28)(H2,26,30)/t20-/m0/s1. The summed E-state index contributed by atoms with van der Waals surface area (Å²) in [6, 6.07) is 11.9. The number of benzene rings is 1. The van der Waals surface area contributed by atoms with Gasteiger partial charge in [0.25, 0.3) is 5.91 Å². The number of aromatic nitrogens is 1. The van der Waals surface area contributed by atoms with Gasteiger partial charge in [0.2, 0.25) is 0 Å². The largest absolute Gasteiger partial charge is 0.497 e. The molecule has 0 unspecified atom stereocenters. The molecule has 1 aromatic carbocycles. The smallest absolute Gasteiger partial charge is 0.252 e. The average molecular weight is 424 g/mol. The second-order valence-electron chi connectivity index (χ2n) is 8.84. The van der Waals surface area contributed by atoms with Gasteiger partial charge in [-0.2, -0.15) is 0 Å². The van der Waals surface area contributed by atoms with Crippen molar-refractivity contribution in [2.24, 2.45) is 11.1 Å². The van der Waals surface area contributed by atoms with Crippen LogP contribution in [0.5, 0.6) is 5.75 Å². The molecule has 1 aromatic heterocycles. The fourth-order valence-corrected chi connectivity index (χ4v) is 5.27. The van der Waals surface area contributed by atoms with Crippen molar-refractivity contribution in [1.29, 1.82) is 0 Å². The van der Waals surface area contributed by atoms with Crippen LogP contribution in [-0.2, 0) is 6.42 Å². The van der Waals surface area contributed by atoms with E-state index in [0.717, 1.165) is 38.2 Å². The third-order valence-corrected chi connectivity index (χ3v) is 7.05. The third kappa shape index (κ3) is 4.61. The minimum atomic E-state index is -0.465. The number of ether oxygens (including phenoxy) is 1. The second kappa shape index (κ2) is 9.14. The first-order valence-corrected chi connectivity index (χ1v) is 11.2. The number of hydrogen-bond acceptors (Lipinski definition) is 6. The molecule has 2 fully saturated rings. The number of methoxy groups -OCH3 is 1. The van der Waals surface area contributed by atoms with E-state index in [9.17, 15) is 4.79 Å². The SMILES string of the molecule is COc1ccc(CCN[C@H]2CN(c3nc(N)ccc3C(N)=O)CCC23CCCC3)cc1. The lowest BCUT2D eigenvalue weighted by Crippen LogP contribution is -2.57. The minimum Gasteiger partial charge on any atom is -0.497 e. The Morgan fingerprint density at radius 2 is 1.94 bits per heavy atom. The van der Waals surface area contributed by atoms with E-state index in [0.29, 0.717) is 28.7 Å². The maximum atomic E-state index is 12.0. The zero-order valence-electron chi connectivity index (χ0n) is 18.3. The quantitative estimate of drug-likeness (QED) is 0.632. The van der Waals surface area contributed by atoms with Gasteiger partial charge in [-0.05, 0) is 67.5 Å². The van der Waals surface area contributed by atoms with E-state index >= 15 is 0 Å².